The van der Waals surface area contributed by atoms with Gasteiger partial charge in [-0.2, -0.15) is 0 Å². The number of epoxide rings is 1. The zero-order valence-electron chi connectivity index (χ0n) is 79.0. The number of anilines is 10. The van der Waals surface area contributed by atoms with Crippen molar-refractivity contribution in [1.82, 2.24) is 20.0 Å². The molecule has 0 aliphatic carbocycles. The predicted molar refractivity (Wildman–Crippen MR) is 552 cm³/mol. The van der Waals surface area contributed by atoms with Gasteiger partial charge in [0, 0.05) is 103 Å². The van der Waals surface area contributed by atoms with E-state index in [9.17, 15) is 81.8 Å². The molecule has 0 unspecified atom stereocenters. The minimum atomic E-state index is -0.919. The van der Waals surface area contributed by atoms with Crippen molar-refractivity contribution in [3.8, 4) is 0 Å². The molecule has 14 heterocycles. The Balaban J connectivity index is 0.000000134. The Morgan fingerprint density at radius 2 is 0.664 bits per heavy atom. The van der Waals surface area contributed by atoms with Gasteiger partial charge >= 0.3 is 18.3 Å². The standard InChI is InChI=1S/C22H19N3O6.C21H21N3O5.C19H18ClN3O5S.C14H17N3O4.C11H9NO3.C10H12N2O2.C5H2Cl2OS.CH4/c26-19-13-30-10-9-23(19)14-5-7-15(8-6-14)24-11-16(31-22(24)29)12-25-20(27)17-3-1-2-4-18(17)21(25)28;25-16(12-24-20(27)17-3-1-2-4-18(17)21(24)28)11-22-14-5-7-15(8-6-14)23-9-10-29-13-19(23)26;20-16-6-5-15(29-16)18(25)21-9-14-10-23(19(26)28-14)13-3-1-12(2-4-13)22-7-8-27-11-17(22)24;15-7-12-8-17(14(19)21-12)11-3-1-10(2-4-11)16-5-6-20-9-13(16)18;13-10-8-3-1-2-4-9(8)11(14)12(10)5-7-6-15-7;11-8-1-3-9(4-2-8)12-5-6-14-7-10(12)13;6-4-2-1-3(9-4)5(7)8;/h1-8,16H,9-13H2;1-8,16,22,25H,9-13H2;1-6,14H,7-11H2,(H,21,25);1-4,12H,5-9,15H2;1-4,7H,5-6H2;1-4H,5-7,11H2;1-2H;1H4/t2*16-;14-;12-;7-;;;/m11000.../s1. The van der Waals surface area contributed by atoms with Crippen molar-refractivity contribution < 1.29 is 124 Å². The molecule has 0 radical (unpaired) electrons. The highest BCUT2D eigenvalue weighted by molar-refractivity contribution is 7.19. The lowest BCUT2D eigenvalue weighted by Gasteiger charge is -2.27. The number of imide groups is 3. The normalized spacial score (nSPS) is 19.3. The Hall–Kier alpha value is -15.0. The molecule has 0 bridgehead atoms. The van der Waals surface area contributed by atoms with E-state index in [0.29, 0.717) is 167 Å². The molecule has 9 saturated heterocycles. The number of aliphatic hydroxyl groups excluding tert-OH is 1. The number of hydrogen-bond acceptors (Lipinski definition) is 31. The van der Waals surface area contributed by atoms with Gasteiger partial charge in [0.1, 0.15) is 51.3 Å². The summed E-state index contributed by atoms with van der Waals surface area (Å²) in [7, 11) is 0. The molecular formula is C103H102Cl3N15O26S2. The molecule has 2 aromatic heterocycles. The van der Waals surface area contributed by atoms with Crippen molar-refractivity contribution >= 4 is 209 Å². The first-order valence-corrected chi connectivity index (χ1v) is 49.5. The third kappa shape index (κ3) is 26.8. The number of halogens is 3. The molecule has 7 N–H and O–H groups in total. The molecule has 12 aliphatic heterocycles. The molecule has 149 heavy (non-hydrogen) atoms. The lowest BCUT2D eigenvalue weighted by atomic mass is 10.1. The number of β-amino-alcohol motifs (C(OH)–C–C–N with tert-alkyl or cyclic N) is 1. The topological polar surface area (TPSA) is 491 Å². The van der Waals surface area contributed by atoms with E-state index in [4.69, 9.17) is 88.9 Å². The highest BCUT2D eigenvalue weighted by Crippen LogP contribution is 2.35. The summed E-state index contributed by atoms with van der Waals surface area (Å²) in [6.07, 6.45) is -3.63. The summed E-state index contributed by atoms with van der Waals surface area (Å²) in [5, 5.41) is 15.7. The number of hydrogen-bond donors (Lipinski definition) is 5. The van der Waals surface area contributed by atoms with Crippen molar-refractivity contribution in [3.05, 3.63) is 270 Å². The van der Waals surface area contributed by atoms with Crippen LogP contribution in [0.25, 0.3) is 0 Å². The van der Waals surface area contributed by atoms with Crippen LogP contribution in [-0.2, 0) is 66.6 Å². The van der Waals surface area contributed by atoms with Gasteiger partial charge in [-0.15, -0.1) is 22.7 Å². The molecule has 46 heteroatoms. The van der Waals surface area contributed by atoms with Gasteiger partial charge in [-0.05, 0) is 194 Å². The van der Waals surface area contributed by atoms with Crippen LogP contribution in [0.4, 0.5) is 71.3 Å². The van der Waals surface area contributed by atoms with Gasteiger partial charge in [0.25, 0.3) is 76.1 Å². The molecule has 5 atom stereocenters. The minimum absolute atomic E-state index is 0. The van der Waals surface area contributed by atoms with Crippen molar-refractivity contribution in [1.29, 1.82) is 0 Å². The number of fused-ring (bicyclic) bond motifs is 3. The average molecular weight is 2140 g/mol. The number of aliphatic hydroxyl groups is 1. The number of nitrogen functional groups attached to an aromatic ring is 1. The molecule has 0 spiro atoms. The fourth-order valence-corrected chi connectivity index (χ4v) is 18.8. The van der Waals surface area contributed by atoms with Crippen LogP contribution < -0.4 is 61.3 Å². The number of thiophene rings is 2. The lowest BCUT2D eigenvalue weighted by molar-refractivity contribution is -0.126. The van der Waals surface area contributed by atoms with Crippen LogP contribution >= 0.6 is 57.5 Å². The zero-order valence-corrected chi connectivity index (χ0v) is 82.9. The second-order valence-corrected chi connectivity index (χ2v) is 38.0. The molecule has 41 nitrogen and oxygen atoms in total. The summed E-state index contributed by atoms with van der Waals surface area (Å²) in [4.78, 5) is 209. The zero-order chi connectivity index (χ0) is 104. The molecule has 9 fully saturated rings. The van der Waals surface area contributed by atoms with E-state index in [1.54, 1.807) is 199 Å². The molecule has 0 saturated carbocycles. The van der Waals surface area contributed by atoms with E-state index >= 15 is 0 Å². The van der Waals surface area contributed by atoms with Crippen LogP contribution in [-0.4, -0.2) is 309 Å². The van der Waals surface area contributed by atoms with Crippen molar-refractivity contribution in [3.63, 3.8) is 0 Å². The Morgan fingerprint density at radius 1 is 0.376 bits per heavy atom. The first-order valence-electron chi connectivity index (χ1n) is 46.7. The van der Waals surface area contributed by atoms with Gasteiger partial charge in [0.2, 0.25) is 0 Å². The molecule has 8 aromatic carbocycles. The van der Waals surface area contributed by atoms with Crippen molar-refractivity contribution in [2.75, 3.05) is 215 Å². The number of morpholine rings is 5. The Morgan fingerprint density at radius 3 is 0.966 bits per heavy atom. The summed E-state index contributed by atoms with van der Waals surface area (Å²) in [6.45, 7) is 8.36. The van der Waals surface area contributed by atoms with Crippen LogP contribution in [0.1, 0.15) is 88.9 Å². The number of benzene rings is 8. The van der Waals surface area contributed by atoms with Gasteiger partial charge < -0.3 is 94.3 Å². The highest BCUT2D eigenvalue weighted by Gasteiger charge is 2.44. The summed E-state index contributed by atoms with van der Waals surface area (Å²) < 4.78 is 47.6. The van der Waals surface area contributed by atoms with Crippen LogP contribution in [0.3, 0.4) is 0 Å². The minimum Gasteiger partial charge on any atom is -0.443 e. The second-order valence-electron chi connectivity index (χ2n) is 34.2. The summed E-state index contributed by atoms with van der Waals surface area (Å²) in [5.41, 5.74) is 21.0. The number of cyclic esters (lactones) is 3. The van der Waals surface area contributed by atoms with Crippen LogP contribution in [0.5, 0.6) is 0 Å². The number of amides is 15. The van der Waals surface area contributed by atoms with E-state index in [0.717, 1.165) is 49.6 Å². The maximum atomic E-state index is 12.6. The number of carbonyl (C=O) groups is 16. The smallest absolute Gasteiger partial charge is 0.414 e. The van der Waals surface area contributed by atoms with E-state index in [-0.39, 0.29) is 162 Å². The number of nitrogens with two attached hydrogens (primary N) is 2. The highest BCUT2D eigenvalue weighted by atomic mass is 35.5. The first-order chi connectivity index (χ1) is 71.5. The molecule has 10 aromatic rings. The summed E-state index contributed by atoms with van der Waals surface area (Å²) in [5.74, 6) is -2.52. The predicted octanol–water partition coefficient (Wildman–Crippen LogP) is 10.4. The SMILES string of the molecule is C.NC[C@H]1CN(c2ccc(N3CCOCC3=O)cc2)C(=O)O1.Nc1ccc(N2CCOCC2=O)cc1.O=C(Cl)c1ccc(Cl)s1.O=C(NC[C@H]1CN(c2ccc(N3CCOCC3=O)cc2)C(=O)O1)c1ccc(Cl)s1.O=C1c2ccccc2C(=O)N1C[C@H](O)CNc1ccc(N2CCOCC2=O)cc1.O=C1c2ccccc2C(=O)N1C[C@H]1CN(c2ccc(N3CCOCC3=O)cc2)C(=O)O1.O=C1c2ccccc2C(=O)N1C[C@H]1CO1. The van der Waals surface area contributed by atoms with E-state index in [2.05, 4.69) is 10.6 Å². The van der Waals surface area contributed by atoms with Gasteiger partial charge in [-0.1, -0.05) is 67.0 Å². The third-order valence-corrected chi connectivity index (χ3v) is 27.2. The summed E-state index contributed by atoms with van der Waals surface area (Å²) in [6, 6.07) is 62.7. The lowest BCUT2D eigenvalue weighted by Crippen LogP contribution is -2.41. The molecular weight excluding hydrogens is 2030 g/mol. The number of ether oxygens (including phenoxy) is 9. The van der Waals surface area contributed by atoms with Crippen molar-refractivity contribution in [2.45, 2.75) is 37.9 Å². The van der Waals surface area contributed by atoms with Gasteiger partial charge in [-0.25, -0.2) is 14.4 Å². The number of nitrogens with zero attached hydrogens (tertiary/aromatic N) is 11. The van der Waals surface area contributed by atoms with Crippen LogP contribution in [0.2, 0.25) is 8.67 Å². The van der Waals surface area contributed by atoms with Gasteiger partial charge in [0.05, 0.1) is 149 Å². The number of nitrogens with one attached hydrogen (secondary N) is 2. The molecule has 15 amide bonds. The van der Waals surface area contributed by atoms with Crippen LogP contribution in [0, 0.1) is 0 Å². The largest absolute Gasteiger partial charge is 0.443 e. The summed E-state index contributed by atoms with van der Waals surface area (Å²) >= 11 is 18.9. The van der Waals surface area contributed by atoms with Gasteiger partial charge in [-0.3, -0.25) is 91.7 Å². The fraction of sp³-hybridized carbons (Fsp3) is 0.301. The Bertz CT molecular complexity index is 6540. The molecule has 778 valence electrons. The van der Waals surface area contributed by atoms with E-state index in [1.165, 1.54) is 37.4 Å². The number of rotatable bonds is 22. The van der Waals surface area contributed by atoms with Crippen molar-refractivity contribution in [2.24, 2.45) is 5.73 Å². The van der Waals surface area contributed by atoms with E-state index < -0.39 is 35.7 Å². The maximum Gasteiger partial charge on any atom is 0.414 e. The fourth-order valence-electron chi connectivity index (χ4n) is 16.8. The molecule has 22 rings (SSSR count). The Labute approximate surface area is 876 Å². The van der Waals surface area contributed by atoms with Gasteiger partial charge in [0.15, 0.2) is 0 Å². The monoisotopic (exact) mass is 2130 g/mol. The quantitative estimate of drug-likeness (QED) is 0.0138. The van der Waals surface area contributed by atoms with Crippen LogP contribution in [0.15, 0.2) is 218 Å². The third-order valence-electron chi connectivity index (χ3n) is 24.4. The molecule has 12 aliphatic rings. The Kier molecular flexibility index (Phi) is 36.4. The average Bonchev–Trinajstić information content (AvgIpc) is 1.62. The second kappa shape index (κ2) is 50.2. The van der Waals surface area contributed by atoms with E-state index in [1.807, 2.05) is 48.5 Å². The maximum absolute atomic E-state index is 12.6. The first kappa shape index (κ1) is 108. The number of carbonyl (C=O) groups excluding carboxylic acids is 16.